The van der Waals surface area contributed by atoms with Gasteiger partial charge < -0.3 is 10.4 Å². The molecule has 2 aromatic rings. The van der Waals surface area contributed by atoms with Gasteiger partial charge in [0.05, 0.1) is 11.7 Å². The van der Waals surface area contributed by atoms with Crippen LogP contribution in [-0.4, -0.2) is 33.9 Å². The quantitative estimate of drug-likeness (QED) is 0.798. The third-order valence-electron chi connectivity index (χ3n) is 4.16. The SMILES string of the molecule is O=C(NC1CCCCC1CO)c1ccc2cn[nH]c2c1. The van der Waals surface area contributed by atoms with E-state index in [0.29, 0.717) is 5.56 Å². The predicted molar refractivity (Wildman–Crippen MR) is 76.4 cm³/mol. The lowest BCUT2D eigenvalue weighted by Gasteiger charge is -2.30. The summed E-state index contributed by atoms with van der Waals surface area (Å²) in [7, 11) is 0. The molecule has 1 aromatic carbocycles. The summed E-state index contributed by atoms with van der Waals surface area (Å²) in [6.07, 6.45) is 5.92. The van der Waals surface area contributed by atoms with E-state index in [1.165, 1.54) is 0 Å². The van der Waals surface area contributed by atoms with Crippen molar-refractivity contribution in [2.45, 2.75) is 31.7 Å². The molecule has 5 nitrogen and oxygen atoms in total. The van der Waals surface area contributed by atoms with E-state index >= 15 is 0 Å². The first-order valence-electron chi connectivity index (χ1n) is 7.13. The first-order valence-corrected chi connectivity index (χ1v) is 7.13. The van der Waals surface area contributed by atoms with E-state index in [1.807, 2.05) is 18.2 Å². The van der Waals surface area contributed by atoms with Crippen LogP contribution in [0.3, 0.4) is 0 Å². The van der Waals surface area contributed by atoms with Crippen molar-refractivity contribution in [3.63, 3.8) is 0 Å². The van der Waals surface area contributed by atoms with Crippen LogP contribution in [0.4, 0.5) is 0 Å². The molecule has 3 rings (SSSR count). The van der Waals surface area contributed by atoms with Crippen LogP contribution >= 0.6 is 0 Å². The molecule has 2 unspecified atom stereocenters. The van der Waals surface area contributed by atoms with E-state index in [9.17, 15) is 9.90 Å². The van der Waals surface area contributed by atoms with Gasteiger partial charge in [-0.25, -0.2) is 0 Å². The number of carbonyl (C=O) groups is 1. The van der Waals surface area contributed by atoms with Gasteiger partial charge in [-0.1, -0.05) is 18.9 Å². The second kappa shape index (κ2) is 5.63. The number of hydrogen-bond acceptors (Lipinski definition) is 3. The fraction of sp³-hybridized carbons (Fsp3) is 0.467. The van der Waals surface area contributed by atoms with Crippen LogP contribution in [0.15, 0.2) is 24.4 Å². The van der Waals surface area contributed by atoms with Crippen molar-refractivity contribution in [2.24, 2.45) is 5.92 Å². The number of hydrogen-bond donors (Lipinski definition) is 3. The Kier molecular flexibility index (Phi) is 3.69. The van der Waals surface area contributed by atoms with Crippen LogP contribution < -0.4 is 5.32 Å². The van der Waals surface area contributed by atoms with E-state index in [4.69, 9.17) is 0 Å². The number of nitrogens with one attached hydrogen (secondary N) is 2. The largest absolute Gasteiger partial charge is 0.396 e. The van der Waals surface area contributed by atoms with E-state index in [1.54, 1.807) is 6.20 Å². The highest BCUT2D eigenvalue weighted by Gasteiger charge is 2.26. The number of benzene rings is 1. The number of carbonyl (C=O) groups excluding carboxylic acids is 1. The van der Waals surface area contributed by atoms with Crippen molar-refractivity contribution in [3.8, 4) is 0 Å². The fourth-order valence-electron chi connectivity index (χ4n) is 2.95. The Morgan fingerprint density at radius 3 is 3.10 bits per heavy atom. The van der Waals surface area contributed by atoms with Crippen molar-refractivity contribution < 1.29 is 9.90 Å². The average Bonchev–Trinajstić information content (AvgIpc) is 2.95. The number of H-pyrrole nitrogens is 1. The minimum Gasteiger partial charge on any atom is -0.396 e. The minimum atomic E-state index is -0.0770. The Labute approximate surface area is 117 Å². The van der Waals surface area contributed by atoms with Gasteiger partial charge in [0, 0.05) is 29.5 Å². The number of fused-ring (bicyclic) bond motifs is 1. The minimum absolute atomic E-state index is 0.0770. The number of amides is 1. The second-order valence-corrected chi connectivity index (χ2v) is 5.48. The standard InChI is InChI=1S/C15H19N3O2/c19-9-12-3-1-2-4-13(12)17-15(20)10-5-6-11-8-16-18-14(11)7-10/h5-8,12-13,19H,1-4,9H2,(H,16,18)(H,17,20). The van der Waals surface area contributed by atoms with Crippen LogP contribution in [0.1, 0.15) is 36.0 Å². The topological polar surface area (TPSA) is 78.0 Å². The average molecular weight is 273 g/mol. The number of aliphatic hydroxyl groups excluding tert-OH is 1. The van der Waals surface area contributed by atoms with Crippen molar-refractivity contribution in [1.82, 2.24) is 15.5 Å². The van der Waals surface area contributed by atoms with E-state index in [2.05, 4.69) is 15.5 Å². The first kappa shape index (κ1) is 13.1. The molecular formula is C15H19N3O2. The fourth-order valence-corrected chi connectivity index (χ4v) is 2.95. The van der Waals surface area contributed by atoms with Gasteiger partial charge in [-0.15, -0.1) is 0 Å². The third-order valence-corrected chi connectivity index (χ3v) is 4.16. The van der Waals surface area contributed by atoms with Crippen LogP contribution in [0.25, 0.3) is 10.9 Å². The van der Waals surface area contributed by atoms with Crippen LogP contribution in [-0.2, 0) is 0 Å². The maximum atomic E-state index is 12.3. The summed E-state index contributed by atoms with van der Waals surface area (Å²) < 4.78 is 0. The highest BCUT2D eigenvalue weighted by Crippen LogP contribution is 2.24. The molecule has 5 heteroatoms. The van der Waals surface area contributed by atoms with Gasteiger partial charge in [0.2, 0.25) is 0 Å². The molecule has 1 aliphatic carbocycles. The lowest BCUT2D eigenvalue weighted by Crippen LogP contribution is -2.43. The first-order chi connectivity index (χ1) is 9.78. The van der Waals surface area contributed by atoms with Crippen molar-refractivity contribution >= 4 is 16.8 Å². The van der Waals surface area contributed by atoms with Gasteiger partial charge in [0.1, 0.15) is 0 Å². The lowest BCUT2D eigenvalue weighted by molar-refractivity contribution is 0.0872. The molecule has 1 aromatic heterocycles. The smallest absolute Gasteiger partial charge is 0.251 e. The second-order valence-electron chi connectivity index (χ2n) is 5.48. The van der Waals surface area contributed by atoms with Gasteiger partial charge in [-0.05, 0) is 25.0 Å². The Bertz CT molecular complexity index is 608. The molecule has 1 aliphatic rings. The van der Waals surface area contributed by atoms with Crippen molar-refractivity contribution in [1.29, 1.82) is 0 Å². The zero-order valence-electron chi connectivity index (χ0n) is 11.3. The number of rotatable bonds is 3. The number of aliphatic hydroxyl groups is 1. The summed E-state index contributed by atoms with van der Waals surface area (Å²) in [6.45, 7) is 0.143. The van der Waals surface area contributed by atoms with Crippen LogP contribution in [0.5, 0.6) is 0 Å². The molecule has 0 saturated heterocycles. The Balaban J connectivity index is 1.74. The zero-order valence-corrected chi connectivity index (χ0v) is 11.3. The molecule has 0 radical (unpaired) electrons. The summed E-state index contributed by atoms with van der Waals surface area (Å²) in [5.74, 6) is 0.107. The maximum absolute atomic E-state index is 12.3. The van der Waals surface area contributed by atoms with Gasteiger partial charge in [-0.2, -0.15) is 5.10 Å². The monoisotopic (exact) mass is 273 g/mol. The molecule has 0 spiro atoms. The Morgan fingerprint density at radius 1 is 1.40 bits per heavy atom. The summed E-state index contributed by atoms with van der Waals surface area (Å²) >= 11 is 0. The predicted octanol–water partition coefficient (Wildman–Crippen LogP) is 1.84. The van der Waals surface area contributed by atoms with E-state index < -0.39 is 0 Å². The molecule has 1 amide bonds. The molecule has 1 saturated carbocycles. The van der Waals surface area contributed by atoms with Crippen molar-refractivity contribution in [2.75, 3.05) is 6.61 Å². The highest BCUT2D eigenvalue weighted by molar-refractivity contribution is 5.97. The number of nitrogens with zero attached hydrogens (tertiary/aromatic N) is 1. The third kappa shape index (κ3) is 2.54. The number of aromatic nitrogens is 2. The van der Waals surface area contributed by atoms with E-state index in [-0.39, 0.29) is 24.5 Å². The molecule has 2 atom stereocenters. The molecule has 0 aliphatic heterocycles. The molecular weight excluding hydrogens is 254 g/mol. The molecule has 106 valence electrons. The Hall–Kier alpha value is -1.88. The molecule has 0 bridgehead atoms. The van der Waals surface area contributed by atoms with E-state index in [0.717, 1.165) is 36.6 Å². The lowest BCUT2D eigenvalue weighted by atomic mass is 9.85. The summed E-state index contributed by atoms with van der Waals surface area (Å²) in [6, 6.07) is 5.59. The summed E-state index contributed by atoms with van der Waals surface area (Å²) in [4.78, 5) is 12.3. The maximum Gasteiger partial charge on any atom is 0.251 e. The van der Waals surface area contributed by atoms with Crippen LogP contribution in [0, 0.1) is 5.92 Å². The molecule has 1 fully saturated rings. The number of aromatic amines is 1. The molecule has 1 heterocycles. The van der Waals surface area contributed by atoms with Gasteiger partial charge >= 0.3 is 0 Å². The normalized spacial score (nSPS) is 22.9. The molecule has 20 heavy (non-hydrogen) atoms. The van der Waals surface area contributed by atoms with Gasteiger partial charge in [0.15, 0.2) is 0 Å². The van der Waals surface area contributed by atoms with Gasteiger partial charge in [-0.3, -0.25) is 9.89 Å². The van der Waals surface area contributed by atoms with Gasteiger partial charge in [0.25, 0.3) is 5.91 Å². The summed E-state index contributed by atoms with van der Waals surface area (Å²) in [5, 5.41) is 20.3. The van der Waals surface area contributed by atoms with Crippen molar-refractivity contribution in [3.05, 3.63) is 30.0 Å². The molecule has 3 N–H and O–H groups in total. The highest BCUT2D eigenvalue weighted by atomic mass is 16.3. The summed E-state index contributed by atoms with van der Waals surface area (Å²) in [5.41, 5.74) is 1.49. The van der Waals surface area contributed by atoms with Crippen LogP contribution in [0.2, 0.25) is 0 Å². The Morgan fingerprint density at radius 2 is 2.25 bits per heavy atom. The zero-order chi connectivity index (χ0) is 13.9.